The lowest BCUT2D eigenvalue weighted by Gasteiger charge is -2.33. The third-order valence-corrected chi connectivity index (χ3v) is 3.84. The topological polar surface area (TPSA) is 83.1 Å². The zero-order valence-corrected chi connectivity index (χ0v) is 16.2. The summed E-state index contributed by atoms with van der Waals surface area (Å²) in [6.07, 6.45) is 0.461. The maximum absolute atomic E-state index is 12.0. The van der Waals surface area contributed by atoms with E-state index < -0.39 is 17.7 Å². The first-order valence-electron chi connectivity index (χ1n) is 8.90. The third-order valence-electron chi connectivity index (χ3n) is 3.84. The molecule has 0 spiro atoms. The summed E-state index contributed by atoms with van der Waals surface area (Å²) in [4.78, 5) is 23.0. The second kappa shape index (κ2) is 12.0. The molecule has 1 atom stereocenters. The molecule has 0 aliphatic rings. The maximum atomic E-state index is 12.0. The molecule has 7 heteroatoms. The van der Waals surface area contributed by atoms with Crippen LogP contribution in [0.15, 0.2) is 43.0 Å². The molecule has 150 valence electrons. The molecule has 1 N–H and O–H groups in total. The van der Waals surface area contributed by atoms with Crippen LogP contribution in [0.2, 0.25) is 0 Å². The Balaban J connectivity index is 2.54. The van der Waals surface area contributed by atoms with E-state index in [-0.39, 0.29) is 19.1 Å². The molecule has 1 amide bonds. The van der Waals surface area contributed by atoms with Gasteiger partial charge in [0.2, 0.25) is 0 Å². The largest absolute Gasteiger partial charge is 0.493 e. The van der Waals surface area contributed by atoms with Crippen LogP contribution in [0.5, 0.6) is 5.75 Å². The lowest BCUT2D eigenvalue weighted by atomic mass is 9.92. The van der Waals surface area contributed by atoms with Crippen molar-refractivity contribution < 1.29 is 28.5 Å². The molecule has 1 rings (SSSR count). The Kier molecular flexibility index (Phi) is 9.96. The zero-order chi connectivity index (χ0) is 20.1. The first kappa shape index (κ1) is 22.5. The van der Waals surface area contributed by atoms with Crippen molar-refractivity contribution in [3.05, 3.63) is 43.0 Å². The van der Waals surface area contributed by atoms with Crippen molar-refractivity contribution in [3.8, 4) is 5.75 Å². The van der Waals surface area contributed by atoms with Gasteiger partial charge in [0.1, 0.15) is 18.0 Å². The number of carbonyl (C=O) groups excluding carboxylic acids is 2. The molecule has 0 aliphatic heterocycles. The van der Waals surface area contributed by atoms with Crippen molar-refractivity contribution in [2.75, 3.05) is 33.0 Å². The van der Waals surface area contributed by atoms with Crippen LogP contribution in [0, 0.1) is 5.92 Å². The van der Waals surface area contributed by atoms with E-state index in [1.165, 1.54) is 0 Å². The van der Waals surface area contributed by atoms with Crippen molar-refractivity contribution in [2.24, 2.45) is 5.92 Å². The minimum absolute atomic E-state index is 0.0415. The number of carbonyl (C=O) groups is 2. The lowest BCUT2D eigenvalue weighted by Crippen LogP contribution is -2.45. The Morgan fingerprint density at radius 3 is 2.56 bits per heavy atom. The lowest BCUT2D eigenvalue weighted by molar-refractivity contribution is -0.137. The zero-order valence-electron chi connectivity index (χ0n) is 16.2. The summed E-state index contributed by atoms with van der Waals surface area (Å²) in [5.74, 6) is 0.0191. The van der Waals surface area contributed by atoms with Gasteiger partial charge < -0.3 is 24.3 Å². The molecule has 0 aromatic heterocycles. The standard InChI is InChI=1S/C20H29NO6/c1-5-18(22)25-13-12-21-19(23)27-20(3,4)16(14-24-6-2)15-26-17-10-8-7-9-11-17/h5,7-11,16H,1,6,12-15H2,2-4H3,(H,21,23). The molecule has 0 aliphatic carbocycles. The van der Waals surface area contributed by atoms with Crippen LogP contribution in [0.1, 0.15) is 20.8 Å². The fraction of sp³-hybridized carbons (Fsp3) is 0.500. The Hall–Kier alpha value is -2.54. The Bertz CT molecular complexity index is 587. The number of esters is 1. The van der Waals surface area contributed by atoms with Gasteiger partial charge in [-0.3, -0.25) is 0 Å². The summed E-state index contributed by atoms with van der Waals surface area (Å²) in [7, 11) is 0. The highest BCUT2D eigenvalue weighted by Gasteiger charge is 2.34. The monoisotopic (exact) mass is 379 g/mol. The maximum Gasteiger partial charge on any atom is 0.407 e. The van der Waals surface area contributed by atoms with Crippen LogP contribution in [0.25, 0.3) is 0 Å². The summed E-state index contributed by atoms with van der Waals surface area (Å²) in [6.45, 7) is 10.3. The number of benzene rings is 1. The van der Waals surface area contributed by atoms with Crippen molar-refractivity contribution in [2.45, 2.75) is 26.4 Å². The smallest absolute Gasteiger partial charge is 0.407 e. The Morgan fingerprint density at radius 2 is 1.93 bits per heavy atom. The Labute approximate surface area is 160 Å². The van der Waals surface area contributed by atoms with Gasteiger partial charge in [-0.25, -0.2) is 9.59 Å². The van der Waals surface area contributed by atoms with Crippen LogP contribution in [0.3, 0.4) is 0 Å². The highest BCUT2D eigenvalue weighted by atomic mass is 16.6. The molecule has 0 radical (unpaired) electrons. The number of hydrogen-bond donors (Lipinski definition) is 1. The van der Waals surface area contributed by atoms with Gasteiger partial charge in [-0.2, -0.15) is 0 Å². The molecule has 1 aromatic carbocycles. The highest BCUT2D eigenvalue weighted by molar-refractivity contribution is 5.81. The van der Waals surface area contributed by atoms with E-state index in [9.17, 15) is 9.59 Å². The summed E-state index contributed by atoms with van der Waals surface area (Å²) < 4.78 is 21.7. The molecule has 0 fully saturated rings. The summed E-state index contributed by atoms with van der Waals surface area (Å²) in [5, 5.41) is 2.55. The average molecular weight is 379 g/mol. The SMILES string of the molecule is C=CC(=O)OCCNC(=O)OC(C)(C)C(COCC)COc1ccccc1. The van der Waals surface area contributed by atoms with Crippen LogP contribution < -0.4 is 10.1 Å². The second-order valence-corrected chi connectivity index (χ2v) is 6.27. The van der Waals surface area contributed by atoms with Gasteiger partial charge in [0.15, 0.2) is 0 Å². The molecule has 0 heterocycles. The minimum Gasteiger partial charge on any atom is -0.493 e. The van der Waals surface area contributed by atoms with E-state index in [0.29, 0.717) is 19.8 Å². The van der Waals surface area contributed by atoms with Crippen molar-refractivity contribution in [1.29, 1.82) is 0 Å². The van der Waals surface area contributed by atoms with E-state index in [4.69, 9.17) is 18.9 Å². The van der Waals surface area contributed by atoms with E-state index in [1.807, 2.05) is 51.1 Å². The molecular formula is C20H29NO6. The summed E-state index contributed by atoms with van der Waals surface area (Å²) in [6, 6.07) is 9.42. The van der Waals surface area contributed by atoms with Gasteiger partial charge >= 0.3 is 12.1 Å². The first-order valence-corrected chi connectivity index (χ1v) is 8.90. The molecule has 7 nitrogen and oxygen atoms in total. The van der Waals surface area contributed by atoms with Crippen molar-refractivity contribution >= 4 is 12.1 Å². The normalized spacial score (nSPS) is 12.0. The van der Waals surface area contributed by atoms with Crippen molar-refractivity contribution in [3.63, 3.8) is 0 Å². The molecule has 0 bridgehead atoms. The number of nitrogens with one attached hydrogen (secondary N) is 1. The fourth-order valence-electron chi connectivity index (χ4n) is 2.15. The van der Waals surface area contributed by atoms with Gasteiger partial charge in [0, 0.05) is 12.7 Å². The van der Waals surface area contributed by atoms with E-state index >= 15 is 0 Å². The Morgan fingerprint density at radius 1 is 1.22 bits per heavy atom. The quantitative estimate of drug-likeness (QED) is 0.342. The number of rotatable bonds is 12. The predicted molar refractivity (Wildman–Crippen MR) is 102 cm³/mol. The van der Waals surface area contributed by atoms with Gasteiger partial charge in [-0.05, 0) is 32.9 Å². The van der Waals surface area contributed by atoms with E-state index in [0.717, 1.165) is 11.8 Å². The molecule has 1 unspecified atom stereocenters. The van der Waals surface area contributed by atoms with E-state index in [1.54, 1.807) is 0 Å². The van der Waals surface area contributed by atoms with Crippen LogP contribution in [-0.2, 0) is 19.0 Å². The van der Waals surface area contributed by atoms with Gasteiger partial charge in [-0.15, -0.1) is 0 Å². The fourth-order valence-corrected chi connectivity index (χ4v) is 2.15. The minimum atomic E-state index is -0.828. The number of hydrogen-bond acceptors (Lipinski definition) is 6. The highest BCUT2D eigenvalue weighted by Crippen LogP contribution is 2.24. The number of amides is 1. The van der Waals surface area contributed by atoms with Crippen molar-refractivity contribution in [1.82, 2.24) is 5.32 Å². The molecular weight excluding hydrogens is 350 g/mol. The predicted octanol–water partition coefficient (Wildman–Crippen LogP) is 2.95. The number of ether oxygens (including phenoxy) is 4. The second-order valence-electron chi connectivity index (χ2n) is 6.27. The van der Waals surface area contributed by atoms with E-state index in [2.05, 4.69) is 11.9 Å². The molecule has 0 saturated heterocycles. The van der Waals surface area contributed by atoms with Gasteiger partial charge in [0.05, 0.1) is 25.7 Å². The van der Waals surface area contributed by atoms with Crippen LogP contribution in [-0.4, -0.2) is 50.6 Å². The number of para-hydroxylation sites is 1. The third kappa shape index (κ3) is 9.10. The van der Waals surface area contributed by atoms with Crippen LogP contribution in [0.4, 0.5) is 4.79 Å². The molecule has 0 saturated carbocycles. The van der Waals surface area contributed by atoms with Gasteiger partial charge in [-0.1, -0.05) is 24.8 Å². The summed E-state index contributed by atoms with van der Waals surface area (Å²) in [5.41, 5.74) is -0.828. The average Bonchev–Trinajstić information content (AvgIpc) is 2.65. The molecule has 1 aromatic rings. The number of alkyl carbamates (subject to hydrolysis) is 1. The van der Waals surface area contributed by atoms with Crippen LogP contribution >= 0.6 is 0 Å². The molecule has 27 heavy (non-hydrogen) atoms. The summed E-state index contributed by atoms with van der Waals surface area (Å²) >= 11 is 0. The first-order chi connectivity index (χ1) is 12.9. The van der Waals surface area contributed by atoms with Gasteiger partial charge in [0.25, 0.3) is 0 Å².